The number of anilines is 1. The van der Waals surface area contributed by atoms with Crippen molar-refractivity contribution < 1.29 is 9.59 Å². The fourth-order valence-corrected chi connectivity index (χ4v) is 2.60. The Kier molecular flexibility index (Phi) is 4.93. The number of hydrogen-bond acceptors (Lipinski definition) is 2. The summed E-state index contributed by atoms with van der Waals surface area (Å²) in [6.45, 7) is 1.51. The number of rotatable bonds is 3. The molecule has 102 valence electrons. The van der Waals surface area contributed by atoms with E-state index in [0.29, 0.717) is 16.8 Å². The zero-order chi connectivity index (χ0) is 14.7. The van der Waals surface area contributed by atoms with E-state index in [4.69, 9.17) is 0 Å². The van der Waals surface area contributed by atoms with Gasteiger partial charge in [0.15, 0.2) is 5.78 Å². The molecule has 0 atom stereocenters. The molecule has 0 bridgehead atoms. The molecule has 20 heavy (non-hydrogen) atoms. The maximum atomic E-state index is 12.2. The average Bonchev–Trinajstić information content (AvgIpc) is 2.42. The minimum Gasteiger partial charge on any atom is -0.322 e. The van der Waals surface area contributed by atoms with Gasteiger partial charge in [0.05, 0.1) is 5.56 Å². The molecule has 2 aromatic carbocycles. The summed E-state index contributed by atoms with van der Waals surface area (Å²) >= 11 is 5.48. The maximum Gasteiger partial charge on any atom is 0.256 e. The molecule has 0 heterocycles. The fraction of sp³-hybridized carbons (Fsp3) is 0.0667. The number of halogens is 2. The number of amides is 1. The summed E-state index contributed by atoms with van der Waals surface area (Å²) in [5, 5.41) is 2.82. The highest BCUT2D eigenvalue weighted by Crippen LogP contribution is 2.20. The van der Waals surface area contributed by atoms with Crippen molar-refractivity contribution in [3.05, 3.63) is 61.6 Å². The molecule has 5 heteroatoms. The molecule has 0 aromatic heterocycles. The Morgan fingerprint density at radius 1 is 1.10 bits per heavy atom. The fourth-order valence-electron chi connectivity index (χ4n) is 1.66. The Morgan fingerprint density at radius 2 is 1.75 bits per heavy atom. The second-order valence-corrected chi connectivity index (χ2v) is 6.29. The van der Waals surface area contributed by atoms with Crippen LogP contribution in [0.15, 0.2) is 46.9 Å². The first-order chi connectivity index (χ1) is 9.47. The van der Waals surface area contributed by atoms with Crippen LogP contribution in [0.1, 0.15) is 27.6 Å². The van der Waals surface area contributed by atoms with Crippen LogP contribution in [0, 0.1) is 3.57 Å². The molecule has 0 radical (unpaired) electrons. The lowest BCUT2D eigenvalue weighted by molar-refractivity contribution is 0.101. The van der Waals surface area contributed by atoms with Crippen LogP contribution in [-0.4, -0.2) is 11.7 Å². The first-order valence-corrected chi connectivity index (χ1v) is 7.72. The Bertz CT molecular complexity index is 668. The Morgan fingerprint density at radius 3 is 2.35 bits per heavy atom. The van der Waals surface area contributed by atoms with Crippen molar-refractivity contribution >= 4 is 55.9 Å². The molecule has 0 unspecified atom stereocenters. The van der Waals surface area contributed by atoms with Crippen LogP contribution in [0.2, 0.25) is 0 Å². The van der Waals surface area contributed by atoms with Gasteiger partial charge >= 0.3 is 0 Å². The van der Waals surface area contributed by atoms with Gasteiger partial charge in [-0.05, 0) is 72.0 Å². The summed E-state index contributed by atoms with van der Waals surface area (Å²) in [6, 6.07) is 12.4. The van der Waals surface area contributed by atoms with Gasteiger partial charge in [0.2, 0.25) is 0 Å². The number of Topliss-reactive ketones (excluding diaryl/α,β-unsaturated/α-hetero) is 1. The second-order valence-electron chi connectivity index (χ2n) is 4.21. The van der Waals surface area contributed by atoms with Crippen molar-refractivity contribution in [1.82, 2.24) is 0 Å². The van der Waals surface area contributed by atoms with E-state index in [0.717, 1.165) is 8.04 Å². The molecule has 0 aliphatic rings. The Labute approximate surface area is 139 Å². The molecule has 2 rings (SSSR count). The zero-order valence-corrected chi connectivity index (χ0v) is 14.4. The van der Waals surface area contributed by atoms with Crippen LogP contribution in [0.5, 0.6) is 0 Å². The van der Waals surface area contributed by atoms with Crippen LogP contribution in [0.4, 0.5) is 5.69 Å². The number of benzene rings is 2. The first-order valence-electron chi connectivity index (χ1n) is 5.85. The number of nitrogens with one attached hydrogen (secondary N) is 1. The summed E-state index contributed by atoms with van der Waals surface area (Å²) in [5.74, 6) is -0.171. The highest BCUT2D eigenvalue weighted by atomic mass is 127. The van der Waals surface area contributed by atoms with Crippen molar-refractivity contribution in [2.75, 3.05) is 5.32 Å². The minimum atomic E-state index is -0.175. The van der Waals surface area contributed by atoms with E-state index in [-0.39, 0.29) is 11.7 Å². The van der Waals surface area contributed by atoms with Crippen LogP contribution < -0.4 is 5.32 Å². The Hall–Kier alpha value is -1.21. The van der Waals surface area contributed by atoms with Gasteiger partial charge in [-0.3, -0.25) is 9.59 Å². The van der Waals surface area contributed by atoms with Crippen LogP contribution in [-0.2, 0) is 0 Å². The van der Waals surface area contributed by atoms with E-state index in [9.17, 15) is 9.59 Å². The van der Waals surface area contributed by atoms with Crippen LogP contribution >= 0.6 is 38.5 Å². The smallest absolute Gasteiger partial charge is 0.256 e. The number of carbonyl (C=O) groups is 2. The SMILES string of the molecule is CC(=O)c1ccc(NC(=O)c2cc(Br)ccc2I)cc1. The van der Waals surface area contributed by atoms with Gasteiger partial charge in [-0.15, -0.1) is 0 Å². The predicted octanol–water partition coefficient (Wildman–Crippen LogP) is 4.51. The summed E-state index contributed by atoms with van der Waals surface area (Å²) in [6.07, 6.45) is 0. The number of hydrogen-bond donors (Lipinski definition) is 1. The molecular formula is C15H11BrINO2. The topological polar surface area (TPSA) is 46.2 Å². The minimum absolute atomic E-state index is 0.00409. The van der Waals surface area contributed by atoms with Crippen LogP contribution in [0.25, 0.3) is 0 Å². The largest absolute Gasteiger partial charge is 0.322 e. The molecule has 3 nitrogen and oxygen atoms in total. The van der Waals surface area contributed by atoms with E-state index in [1.54, 1.807) is 30.3 Å². The molecule has 0 aliphatic heterocycles. The van der Waals surface area contributed by atoms with Gasteiger partial charge in [0.1, 0.15) is 0 Å². The highest BCUT2D eigenvalue weighted by Gasteiger charge is 2.11. The summed E-state index contributed by atoms with van der Waals surface area (Å²) in [5.41, 5.74) is 1.89. The van der Waals surface area contributed by atoms with Crippen molar-refractivity contribution in [2.24, 2.45) is 0 Å². The third-order valence-corrected chi connectivity index (χ3v) is 4.16. The first kappa shape index (κ1) is 15.2. The van der Waals surface area contributed by atoms with Crippen molar-refractivity contribution in [3.8, 4) is 0 Å². The monoisotopic (exact) mass is 443 g/mol. The lowest BCUT2D eigenvalue weighted by atomic mass is 10.1. The van der Waals surface area contributed by atoms with Gasteiger partial charge in [0.25, 0.3) is 5.91 Å². The molecule has 1 amide bonds. The average molecular weight is 444 g/mol. The molecule has 0 saturated heterocycles. The predicted molar refractivity (Wildman–Crippen MR) is 91.3 cm³/mol. The standard InChI is InChI=1S/C15H11BrINO2/c1-9(19)10-2-5-12(6-3-10)18-15(20)13-8-11(16)4-7-14(13)17/h2-8H,1H3,(H,18,20). The highest BCUT2D eigenvalue weighted by molar-refractivity contribution is 14.1. The normalized spacial score (nSPS) is 10.2. The van der Waals surface area contributed by atoms with Crippen LogP contribution in [0.3, 0.4) is 0 Å². The zero-order valence-electron chi connectivity index (χ0n) is 10.6. The van der Waals surface area contributed by atoms with Gasteiger partial charge in [-0.2, -0.15) is 0 Å². The quantitative estimate of drug-likeness (QED) is 0.560. The third-order valence-electron chi connectivity index (χ3n) is 2.72. The Balaban J connectivity index is 2.19. The van der Waals surface area contributed by atoms with Crippen molar-refractivity contribution in [3.63, 3.8) is 0 Å². The summed E-state index contributed by atoms with van der Waals surface area (Å²) in [7, 11) is 0. The molecule has 0 aliphatic carbocycles. The van der Waals surface area contributed by atoms with E-state index in [1.807, 2.05) is 12.1 Å². The lowest BCUT2D eigenvalue weighted by Gasteiger charge is -2.08. The summed E-state index contributed by atoms with van der Waals surface area (Å²) < 4.78 is 1.73. The van der Waals surface area contributed by atoms with E-state index in [1.165, 1.54) is 6.92 Å². The third kappa shape index (κ3) is 3.67. The van der Waals surface area contributed by atoms with Gasteiger partial charge in [-0.1, -0.05) is 15.9 Å². The van der Waals surface area contributed by atoms with E-state index < -0.39 is 0 Å². The van der Waals surface area contributed by atoms with Gasteiger partial charge in [-0.25, -0.2) is 0 Å². The molecule has 2 aromatic rings. The van der Waals surface area contributed by atoms with E-state index in [2.05, 4.69) is 43.8 Å². The van der Waals surface area contributed by atoms with E-state index >= 15 is 0 Å². The molecule has 0 spiro atoms. The van der Waals surface area contributed by atoms with Gasteiger partial charge in [0, 0.05) is 19.3 Å². The second kappa shape index (κ2) is 6.49. The van der Waals surface area contributed by atoms with Gasteiger partial charge < -0.3 is 5.32 Å². The lowest BCUT2D eigenvalue weighted by Crippen LogP contribution is -2.13. The number of ketones is 1. The molecular weight excluding hydrogens is 433 g/mol. The van der Waals surface area contributed by atoms with Crippen molar-refractivity contribution in [1.29, 1.82) is 0 Å². The number of carbonyl (C=O) groups excluding carboxylic acids is 2. The van der Waals surface area contributed by atoms with Crippen molar-refractivity contribution in [2.45, 2.75) is 6.92 Å². The summed E-state index contributed by atoms with van der Waals surface area (Å²) in [4.78, 5) is 23.4. The molecule has 0 fully saturated rings. The molecule has 0 saturated carbocycles. The molecule has 1 N–H and O–H groups in total. The maximum absolute atomic E-state index is 12.2.